The molecule has 34 heavy (non-hydrogen) atoms. The summed E-state index contributed by atoms with van der Waals surface area (Å²) < 4.78 is 0. The molecule has 0 unspecified atom stereocenters. The molecule has 0 aliphatic rings. The van der Waals surface area contributed by atoms with Crippen molar-refractivity contribution in [3.63, 3.8) is 0 Å². The summed E-state index contributed by atoms with van der Waals surface area (Å²) in [6.45, 7) is 0. The number of carbonyl (C=O) groups is 2. The lowest BCUT2D eigenvalue weighted by molar-refractivity contribution is -0.384. The van der Waals surface area contributed by atoms with Crippen LogP contribution in [0.4, 0.5) is 5.69 Å². The van der Waals surface area contributed by atoms with Gasteiger partial charge in [0.25, 0.3) is 17.5 Å². The van der Waals surface area contributed by atoms with Crippen LogP contribution in [-0.2, 0) is 10.5 Å². The highest BCUT2D eigenvalue weighted by molar-refractivity contribution is 7.98. The van der Waals surface area contributed by atoms with Crippen molar-refractivity contribution in [3.05, 3.63) is 111 Å². The van der Waals surface area contributed by atoms with E-state index in [1.807, 2.05) is 30.3 Å². The van der Waals surface area contributed by atoms with Gasteiger partial charge in [-0.25, -0.2) is 5.43 Å². The van der Waals surface area contributed by atoms with Crippen molar-refractivity contribution in [2.75, 3.05) is 5.75 Å². The highest BCUT2D eigenvalue weighted by atomic mass is 35.5. The third-order valence-electron chi connectivity index (χ3n) is 4.62. The number of hydrazone groups is 1. The summed E-state index contributed by atoms with van der Waals surface area (Å²) in [7, 11) is 0. The van der Waals surface area contributed by atoms with E-state index in [4.69, 9.17) is 11.6 Å². The fraction of sp³-hybridized carbons (Fsp3) is 0.125. The van der Waals surface area contributed by atoms with Crippen LogP contribution in [0.25, 0.3) is 0 Å². The van der Waals surface area contributed by atoms with Gasteiger partial charge in [-0.15, -0.1) is 0 Å². The molecular formula is C24H21ClN4O4S. The zero-order valence-electron chi connectivity index (χ0n) is 17.9. The first-order valence-electron chi connectivity index (χ1n) is 10.2. The number of non-ortho nitro benzene ring substituents is 1. The molecule has 3 rings (SSSR count). The number of nitro groups is 1. The molecule has 0 radical (unpaired) electrons. The van der Waals surface area contributed by atoms with Crippen LogP contribution in [0.15, 0.2) is 84.0 Å². The lowest BCUT2D eigenvalue weighted by Gasteiger charge is -2.17. The van der Waals surface area contributed by atoms with Gasteiger partial charge in [0.15, 0.2) is 0 Å². The van der Waals surface area contributed by atoms with Crippen LogP contribution in [0.2, 0.25) is 5.02 Å². The second kappa shape index (κ2) is 12.5. The Morgan fingerprint density at radius 2 is 1.71 bits per heavy atom. The maximum absolute atomic E-state index is 12.8. The molecule has 2 amide bonds. The van der Waals surface area contributed by atoms with Crippen LogP contribution < -0.4 is 10.7 Å². The number of hydrogen-bond acceptors (Lipinski definition) is 6. The highest BCUT2D eigenvalue weighted by Gasteiger charge is 2.22. The lowest BCUT2D eigenvalue weighted by Crippen LogP contribution is -2.47. The normalized spacial score (nSPS) is 11.7. The topological polar surface area (TPSA) is 114 Å². The van der Waals surface area contributed by atoms with Gasteiger partial charge in [0.2, 0.25) is 0 Å². The second-order valence-electron chi connectivity index (χ2n) is 7.12. The summed E-state index contributed by atoms with van der Waals surface area (Å²) in [4.78, 5) is 35.7. The monoisotopic (exact) mass is 496 g/mol. The van der Waals surface area contributed by atoms with Gasteiger partial charge >= 0.3 is 0 Å². The molecule has 0 aromatic heterocycles. The third kappa shape index (κ3) is 7.72. The Labute approximate surface area is 205 Å². The van der Waals surface area contributed by atoms with E-state index in [2.05, 4.69) is 15.8 Å². The number of hydrogen-bond donors (Lipinski definition) is 2. The van der Waals surface area contributed by atoms with Gasteiger partial charge in [-0.1, -0.05) is 54.1 Å². The number of benzene rings is 3. The summed E-state index contributed by atoms with van der Waals surface area (Å²) >= 11 is 7.35. The molecule has 3 aromatic carbocycles. The maximum Gasteiger partial charge on any atom is 0.269 e. The molecule has 0 saturated carbocycles. The first-order chi connectivity index (χ1) is 16.4. The average Bonchev–Trinajstić information content (AvgIpc) is 2.85. The highest BCUT2D eigenvalue weighted by Crippen LogP contribution is 2.15. The standard InChI is InChI=1S/C24H21ClN4O4S/c25-20-10-6-17(7-11-20)14-26-28-24(31)22(16-34-15-18-4-2-1-3-5-18)27-23(30)19-8-12-21(13-9-19)29(32)33/h1-14,22H,15-16H2,(H,27,30)(H,28,31)/b26-14-/t22-/m1/s1. The summed E-state index contributed by atoms with van der Waals surface area (Å²) in [5, 5.41) is 18.1. The molecule has 1 atom stereocenters. The van der Waals surface area contributed by atoms with Gasteiger partial charge in [0.05, 0.1) is 11.1 Å². The minimum Gasteiger partial charge on any atom is -0.339 e. The number of carbonyl (C=O) groups excluding carboxylic acids is 2. The van der Waals surface area contributed by atoms with Gasteiger partial charge in [-0.3, -0.25) is 19.7 Å². The Morgan fingerprint density at radius 3 is 2.35 bits per heavy atom. The van der Waals surface area contributed by atoms with E-state index in [-0.39, 0.29) is 11.3 Å². The maximum atomic E-state index is 12.8. The zero-order valence-corrected chi connectivity index (χ0v) is 19.5. The largest absolute Gasteiger partial charge is 0.339 e. The second-order valence-corrected chi connectivity index (χ2v) is 8.58. The van der Waals surface area contributed by atoms with Gasteiger partial charge in [0.1, 0.15) is 6.04 Å². The predicted octanol–water partition coefficient (Wildman–Crippen LogP) is 4.43. The molecule has 174 valence electrons. The van der Waals surface area contributed by atoms with E-state index in [1.165, 1.54) is 42.2 Å². The molecule has 0 bridgehead atoms. The Bertz CT molecular complexity index is 1160. The number of amides is 2. The minimum atomic E-state index is -0.876. The number of nitro benzene ring substituents is 1. The lowest BCUT2D eigenvalue weighted by atomic mass is 10.2. The number of thioether (sulfide) groups is 1. The van der Waals surface area contributed by atoms with Crippen molar-refractivity contribution >= 4 is 47.1 Å². The number of nitrogens with zero attached hydrogens (tertiary/aromatic N) is 2. The number of rotatable bonds is 10. The molecule has 2 N–H and O–H groups in total. The summed E-state index contributed by atoms with van der Waals surface area (Å²) in [6, 6.07) is 21.0. The van der Waals surface area contributed by atoms with Crippen LogP contribution in [0.1, 0.15) is 21.5 Å². The predicted molar refractivity (Wildman–Crippen MR) is 134 cm³/mol. The summed E-state index contributed by atoms with van der Waals surface area (Å²) in [5.41, 5.74) is 4.38. The zero-order chi connectivity index (χ0) is 24.3. The van der Waals surface area contributed by atoms with Gasteiger partial charge in [0, 0.05) is 34.2 Å². The third-order valence-corrected chi connectivity index (χ3v) is 5.98. The summed E-state index contributed by atoms with van der Waals surface area (Å²) in [5.74, 6) is -0.0415. The first-order valence-corrected chi connectivity index (χ1v) is 11.7. The van der Waals surface area contributed by atoms with Crippen LogP contribution in [0.3, 0.4) is 0 Å². The molecule has 0 fully saturated rings. The van der Waals surface area contributed by atoms with Crippen molar-refractivity contribution in [2.24, 2.45) is 5.10 Å². The fourth-order valence-corrected chi connectivity index (χ4v) is 3.97. The number of nitrogens with one attached hydrogen (secondary N) is 2. The Balaban J connectivity index is 1.65. The van der Waals surface area contributed by atoms with E-state index < -0.39 is 22.8 Å². The molecule has 0 spiro atoms. The van der Waals surface area contributed by atoms with Crippen LogP contribution in [-0.4, -0.2) is 34.7 Å². The van der Waals surface area contributed by atoms with E-state index in [0.717, 1.165) is 11.1 Å². The molecule has 8 nitrogen and oxygen atoms in total. The van der Waals surface area contributed by atoms with Gasteiger partial charge < -0.3 is 5.32 Å². The first kappa shape index (κ1) is 24.9. The Kier molecular flexibility index (Phi) is 9.19. The van der Waals surface area contributed by atoms with Crippen molar-refractivity contribution < 1.29 is 14.5 Å². The molecule has 0 heterocycles. The van der Waals surface area contributed by atoms with Crippen LogP contribution in [0.5, 0.6) is 0 Å². The molecule has 3 aromatic rings. The molecule has 10 heteroatoms. The Hall–Kier alpha value is -3.69. The van der Waals surface area contributed by atoms with E-state index >= 15 is 0 Å². The van der Waals surface area contributed by atoms with Crippen molar-refractivity contribution in [3.8, 4) is 0 Å². The van der Waals surface area contributed by atoms with Gasteiger partial charge in [-0.2, -0.15) is 16.9 Å². The van der Waals surface area contributed by atoms with E-state index in [1.54, 1.807) is 24.3 Å². The summed E-state index contributed by atoms with van der Waals surface area (Å²) in [6.07, 6.45) is 1.47. The minimum absolute atomic E-state index is 0.124. The SMILES string of the molecule is O=C(N[C@H](CSCc1ccccc1)C(=O)N/N=C\c1ccc(Cl)cc1)c1ccc([N+](=O)[O-])cc1. The molecule has 0 aliphatic carbocycles. The fourth-order valence-electron chi connectivity index (χ4n) is 2.83. The molecular weight excluding hydrogens is 476 g/mol. The van der Waals surface area contributed by atoms with Crippen LogP contribution in [0, 0.1) is 10.1 Å². The van der Waals surface area contributed by atoms with Crippen molar-refractivity contribution in [2.45, 2.75) is 11.8 Å². The van der Waals surface area contributed by atoms with E-state index in [9.17, 15) is 19.7 Å². The number of halogens is 1. The quantitative estimate of drug-likeness (QED) is 0.245. The van der Waals surface area contributed by atoms with E-state index in [0.29, 0.717) is 16.5 Å². The smallest absolute Gasteiger partial charge is 0.269 e. The van der Waals surface area contributed by atoms with Crippen LogP contribution >= 0.6 is 23.4 Å². The average molecular weight is 497 g/mol. The molecule has 0 aliphatic heterocycles. The Morgan fingerprint density at radius 1 is 1.03 bits per heavy atom. The van der Waals surface area contributed by atoms with Crippen molar-refractivity contribution in [1.29, 1.82) is 0 Å². The van der Waals surface area contributed by atoms with Gasteiger partial charge in [-0.05, 0) is 35.4 Å². The van der Waals surface area contributed by atoms with Crippen molar-refractivity contribution in [1.82, 2.24) is 10.7 Å². The molecule has 0 saturated heterocycles.